The zero-order valence-corrected chi connectivity index (χ0v) is 15.4. The van der Waals surface area contributed by atoms with Gasteiger partial charge in [-0.25, -0.2) is 0 Å². The minimum absolute atomic E-state index is 0.269. The molecule has 9 heteroatoms. The number of halogens is 2. The van der Waals surface area contributed by atoms with Gasteiger partial charge in [0, 0.05) is 0 Å². The van der Waals surface area contributed by atoms with Gasteiger partial charge in [0.15, 0.2) is 0 Å². The van der Waals surface area contributed by atoms with E-state index in [4.69, 9.17) is 27.9 Å². The maximum atomic E-state index is 12.7. The molecule has 4 rings (SSSR count). The molecule has 2 fully saturated rings. The first-order valence-corrected chi connectivity index (χ1v) is 9.31. The van der Waals surface area contributed by atoms with Crippen molar-refractivity contribution in [2.75, 3.05) is 0 Å². The summed E-state index contributed by atoms with van der Waals surface area (Å²) in [5, 5.41) is 18.9. The highest BCUT2D eigenvalue weighted by Crippen LogP contribution is 2.57. The number of carboxylic acid groups (broad SMARTS) is 2. The summed E-state index contributed by atoms with van der Waals surface area (Å²) in [5.41, 5.74) is 0. The zero-order valence-electron chi connectivity index (χ0n) is 13.9. The minimum Gasteiger partial charge on any atom is -0.481 e. The first-order chi connectivity index (χ1) is 12.6. The van der Waals surface area contributed by atoms with Gasteiger partial charge in [-0.15, -0.1) is 23.2 Å². The number of carbonyl (C=O) groups is 4. The molecule has 0 aromatic carbocycles. The predicted octanol–water partition coefficient (Wildman–Crippen LogP) is 1.82. The van der Waals surface area contributed by atoms with Crippen LogP contribution < -0.4 is 0 Å². The topological polar surface area (TPSA) is 118 Å². The standard InChI is InChI=1S/C18H16Cl2O7/c19-17-3-1-7(5-17)9(13(21)22)11(17)15(25)27-16(26)12-10(14(23)24)8-2-4-18(12,20)6-8/h1-4,7-12H,5-6H2,(H,21,22)(H,23,24). The fraction of sp³-hybridized carbons (Fsp3) is 0.556. The van der Waals surface area contributed by atoms with Crippen molar-refractivity contribution in [3.8, 4) is 0 Å². The van der Waals surface area contributed by atoms with E-state index in [0.717, 1.165) is 0 Å². The molecule has 0 aromatic heterocycles. The second-order valence-corrected chi connectivity index (χ2v) is 9.14. The lowest BCUT2D eigenvalue weighted by Crippen LogP contribution is -2.45. The molecule has 4 bridgehead atoms. The summed E-state index contributed by atoms with van der Waals surface area (Å²) in [7, 11) is 0. The van der Waals surface area contributed by atoms with Crippen LogP contribution in [0.15, 0.2) is 24.3 Å². The Balaban J connectivity index is 1.57. The number of ether oxygens (including phenoxy) is 1. The lowest BCUT2D eigenvalue weighted by atomic mass is 9.81. The van der Waals surface area contributed by atoms with Crippen LogP contribution in [0.5, 0.6) is 0 Å². The predicted molar refractivity (Wildman–Crippen MR) is 92.0 cm³/mol. The molecule has 0 radical (unpaired) electrons. The van der Waals surface area contributed by atoms with Crippen molar-refractivity contribution in [2.24, 2.45) is 35.5 Å². The van der Waals surface area contributed by atoms with E-state index in [1.54, 1.807) is 24.3 Å². The molecule has 0 aliphatic heterocycles. The molecule has 8 unspecified atom stereocenters. The van der Waals surface area contributed by atoms with E-state index in [1.165, 1.54) is 0 Å². The molecule has 0 aromatic rings. The molecule has 4 aliphatic rings. The zero-order chi connectivity index (χ0) is 19.7. The number of allylic oxidation sites excluding steroid dienone is 4. The number of alkyl halides is 2. The van der Waals surface area contributed by atoms with E-state index in [1.807, 2.05) is 0 Å². The monoisotopic (exact) mass is 414 g/mol. The third-order valence-corrected chi connectivity index (χ3v) is 7.32. The van der Waals surface area contributed by atoms with E-state index in [9.17, 15) is 29.4 Å². The maximum Gasteiger partial charge on any atom is 0.319 e. The van der Waals surface area contributed by atoms with E-state index in [-0.39, 0.29) is 12.8 Å². The molecule has 2 N–H and O–H groups in total. The molecular formula is C18H16Cl2O7. The van der Waals surface area contributed by atoms with Crippen molar-refractivity contribution in [2.45, 2.75) is 22.6 Å². The molecule has 144 valence electrons. The van der Waals surface area contributed by atoms with Crippen molar-refractivity contribution < 1.29 is 34.1 Å². The Morgan fingerprint density at radius 2 is 1.19 bits per heavy atom. The molecule has 0 saturated heterocycles. The van der Waals surface area contributed by atoms with Crippen LogP contribution in [0.25, 0.3) is 0 Å². The number of hydrogen-bond acceptors (Lipinski definition) is 5. The third kappa shape index (κ3) is 2.55. The second kappa shape index (κ2) is 5.82. The Morgan fingerprint density at radius 1 is 0.815 bits per heavy atom. The van der Waals surface area contributed by atoms with Crippen LogP contribution in [0, 0.1) is 35.5 Å². The fourth-order valence-corrected chi connectivity index (χ4v) is 6.12. The summed E-state index contributed by atoms with van der Waals surface area (Å²) in [5.74, 6) is -9.94. The number of aliphatic carboxylic acids is 2. The largest absolute Gasteiger partial charge is 0.481 e. The Kier molecular flexibility index (Phi) is 3.99. The first-order valence-electron chi connectivity index (χ1n) is 8.55. The quantitative estimate of drug-likeness (QED) is 0.311. The van der Waals surface area contributed by atoms with Gasteiger partial charge in [-0.2, -0.15) is 0 Å². The Hall–Kier alpha value is -1.86. The van der Waals surface area contributed by atoms with E-state index >= 15 is 0 Å². The Morgan fingerprint density at radius 3 is 1.52 bits per heavy atom. The molecule has 2 saturated carbocycles. The number of hydrogen-bond donors (Lipinski definition) is 2. The van der Waals surface area contributed by atoms with Crippen LogP contribution >= 0.6 is 23.2 Å². The molecule has 7 nitrogen and oxygen atoms in total. The van der Waals surface area contributed by atoms with Crippen LogP contribution in [-0.4, -0.2) is 43.8 Å². The van der Waals surface area contributed by atoms with Crippen molar-refractivity contribution in [3.05, 3.63) is 24.3 Å². The molecule has 0 heterocycles. The fourth-order valence-electron chi connectivity index (χ4n) is 5.17. The average molecular weight is 415 g/mol. The molecular weight excluding hydrogens is 399 g/mol. The average Bonchev–Trinajstić information content (AvgIpc) is 3.27. The number of carbonyl (C=O) groups excluding carboxylic acids is 2. The highest BCUT2D eigenvalue weighted by Gasteiger charge is 2.63. The number of rotatable bonds is 4. The van der Waals surface area contributed by atoms with Gasteiger partial charge in [0.05, 0.1) is 33.4 Å². The smallest absolute Gasteiger partial charge is 0.319 e. The summed E-state index contributed by atoms with van der Waals surface area (Å²) >= 11 is 12.8. The minimum atomic E-state index is -1.22. The van der Waals surface area contributed by atoms with Crippen LogP contribution in [0.2, 0.25) is 0 Å². The number of carboxylic acids is 2. The Bertz CT molecular complexity index is 755. The lowest BCUT2D eigenvalue weighted by Gasteiger charge is -2.30. The summed E-state index contributed by atoms with van der Waals surface area (Å²) < 4.78 is 4.97. The molecule has 8 atom stereocenters. The first kappa shape index (κ1) is 18.5. The summed E-state index contributed by atoms with van der Waals surface area (Å²) in [4.78, 5) is 46.1. The second-order valence-electron chi connectivity index (χ2n) is 7.73. The SMILES string of the molecule is O=C(O)C1C2C=CC(Cl)(C2)C1C(=O)OC(=O)C1C(C(=O)O)C2C=CC1(Cl)C2. The van der Waals surface area contributed by atoms with E-state index in [0.29, 0.717) is 0 Å². The maximum absolute atomic E-state index is 12.7. The van der Waals surface area contributed by atoms with Crippen LogP contribution in [-0.2, 0) is 23.9 Å². The van der Waals surface area contributed by atoms with Gasteiger partial charge in [-0.05, 0) is 24.7 Å². The number of esters is 2. The van der Waals surface area contributed by atoms with Gasteiger partial charge >= 0.3 is 23.9 Å². The Labute approximate surface area is 163 Å². The highest BCUT2D eigenvalue weighted by molar-refractivity contribution is 6.29. The van der Waals surface area contributed by atoms with Gasteiger partial charge in [-0.1, -0.05) is 24.3 Å². The van der Waals surface area contributed by atoms with Crippen LogP contribution in [0.3, 0.4) is 0 Å². The van der Waals surface area contributed by atoms with Gasteiger partial charge in [-0.3, -0.25) is 19.2 Å². The lowest BCUT2D eigenvalue weighted by molar-refractivity contribution is -0.172. The third-order valence-electron chi connectivity index (χ3n) is 6.29. The molecule has 0 amide bonds. The molecule has 4 aliphatic carbocycles. The van der Waals surface area contributed by atoms with E-state index in [2.05, 4.69) is 0 Å². The molecule has 0 spiro atoms. The van der Waals surface area contributed by atoms with E-state index < -0.39 is 69.1 Å². The summed E-state index contributed by atoms with van der Waals surface area (Å²) in [6.45, 7) is 0. The van der Waals surface area contributed by atoms with Gasteiger partial charge < -0.3 is 14.9 Å². The highest BCUT2D eigenvalue weighted by atomic mass is 35.5. The van der Waals surface area contributed by atoms with Gasteiger partial charge in [0.2, 0.25) is 0 Å². The van der Waals surface area contributed by atoms with Crippen molar-refractivity contribution in [3.63, 3.8) is 0 Å². The van der Waals surface area contributed by atoms with Crippen LogP contribution in [0.4, 0.5) is 0 Å². The normalized spacial score (nSPS) is 46.0. The molecule has 27 heavy (non-hydrogen) atoms. The van der Waals surface area contributed by atoms with Crippen molar-refractivity contribution in [1.82, 2.24) is 0 Å². The van der Waals surface area contributed by atoms with Crippen molar-refractivity contribution >= 4 is 47.1 Å². The van der Waals surface area contributed by atoms with Crippen molar-refractivity contribution in [1.29, 1.82) is 0 Å². The summed E-state index contributed by atoms with van der Waals surface area (Å²) in [6.07, 6.45) is 6.99. The summed E-state index contributed by atoms with van der Waals surface area (Å²) in [6, 6.07) is 0. The van der Waals surface area contributed by atoms with Crippen LogP contribution in [0.1, 0.15) is 12.8 Å². The van der Waals surface area contributed by atoms with Gasteiger partial charge in [0.25, 0.3) is 0 Å². The van der Waals surface area contributed by atoms with Gasteiger partial charge in [0.1, 0.15) is 0 Å². The number of fused-ring (bicyclic) bond motifs is 4.